The molecule has 20 heavy (non-hydrogen) atoms. The first-order valence-corrected chi connectivity index (χ1v) is 6.59. The number of hydrogen-bond donors (Lipinski definition) is 3. The number of nitrogens with one attached hydrogen (secondary N) is 2. The van der Waals surface area contributed by atoms with Crippen LogP contribution in [0.15, 0.2) is 24.3 Å². The quantitative estimate of drug-likeness (QED) is 0.552. The molecule has 0 fully saturated rings. The highest BCUT2D eigenvalue weighted by atomic mass is 16.4. The Morgan fingerprint density at radius 3 is 2.75 bits per heavy atom. The van der Waals surface area contributed by atoms with E-state index in [1.165, 1.54) is 6.08 Å². The zero-order valence-corrected chi connectivity index (χ0v) is 11.8. The van der Waals surface area contributed by atoms with Gasteiger partial charge < -0.3 is 15.7 Å². The molecule has 0 spiro atoms. The van der Waals surface area contributed by atoms with Crippen molar-refractivity contribution in [3.8, 4) is 0 Å². The molecular weight excluding hydrogens is 256 g/mol. The van der Waals surface area contributed by atoms with Gasteiger partial charge in [0.15, 0.2) is 0 Å². The molecule has 0 atom stereocenters. The molecule has 0 saturated heterocycles. The van der Waals surface area contributed by atoms with E-state index in [0.29, 0.717) is 12.2 Å². The third-order valence-electron chi connectivity index (χ3n) is 2.76. The Kier molecular flexibility index (Phi) is 6.29. The molecular formula is C15H20N2O3. The Labute approximate surface area is 118 Å². The number of carboxylic acid groups (broad SMARTS) is 1. The molecule has 0 unspecified atom stereocenters. The van der Waals surface area contributed by atoms with Gasteiger partial charge in [-0.05, 0) is 42.7 Å². The summed E-state index contributed by atoms with van der Waals surface area (Å²) in [5.41, 5.74) is 2.34. The van der Waals surface area contributed by atoms with E-state index < -0.39 is 5.97 Å². The van der Waals surface area contributed by atoms with Gasteiger partial charge in [0.05, 0.1) is 0 Å². The summed E-state index contributed by atoms with van der Waals surface area (Å²) in [4.78, 5) is 22.1. The van der Waals surface area contributed by atoms with Crippen molar-refractivity contribution in [2.24, 2.45) is 0 Å². The third-order valence-corrected chi connectivity index (χ3v) is 2.76. The van der Waals surface area contributed by atoms with Gasteiger partial charge in [-0.25, -0.2) is 9.59 Å². The predicted molar refractivity (Wildman–Crippen MR) is 79.8 cm³/mol. The van der Waals surface area contributed by atoms with Crippen LogP contribution in [0.1, 0.15) is 30.9 Å². The maximum atomic E-state index is 11.6. The lowest BCUT2D eigenvalue weighted by Gasteiger charge is -2.09. The van der Waals surface area contributed by atoms with Crippen LogP contribution in [0.5, 0.6) is 0 Å². The number of carboxylic acids is 1. The first kappa shape index (κ1) is 15.8. The second-order valence-corrected chi connectivity index (χ2v) is 4.48. The second-order valence-electron chi connectivity index (χ2n) is 4.48. The Balaban J connectivity index is 2.69. The molecule has 2 amide bonds. The first-order chi connectivity index (χ1) is 9.52. The molecule has 0 bridgehead atoms. The van der Waals surface area contributed by atoms with Crippen LogP contribution in [-0.4, -0.2) is 23.7 Å². The first-order valence-electron chi connectivity index (χ1n) is 6.59. The molecule has 0 aromatic heterocycles. The Bertz CT molecular complexity index is 510. The van der Waals surface area contributed by atoms with E-state index in [1.54, 1.807) is 12.1 Å². The molecule has 1 rings (SSSR count). The predicted octanol–water partition coefficient (Wildman–Crippen LogP) is 3.01. The van der Waals surface area contributed by atoms with Crippen LogP contribution >= 0.6 is 0 Å². The van der Waals surface area contributed by atoms with Crippen molar-refractivity contribution in [1.82, 2.24) is 5.32 Å². The van der Waals surface area contributed by atoms with Crippen molar-refractivity contribution in [2.45, 2.75) is 26.7 Å². The summed E-state index contributed by atoms with van der Waals surface area (Å²) in [6, 6.07) is 5.11. The molecule has 3 N–H and O–H groups in total. The topological polar surface area (TPSA) is 78.4 Å². The molecule has 5 nitrogen and oxygen atoms in total. The van der Waals surface area contributed by atoms with Crippen LogP contribution in [0.25, 0.3) is 6.08 Å². The van der Waals surface area contributed by atoms with Crippen LogP contribution in [0.3, 0.4) is 0 Å². The lowest BCUT2D eigenvalue weighted by atomic mass is 10.1. The minimum atomic E-state index is -1.000. The van der Waals surface area contributed by atoms with Crippen molar-refractivity contribution in [1.29, 1.82) is 0 Å². The van der Waals surface area contributed by atoms with Gasteiger partial charge in [-0.3, -0.25) is 0 Å². The van der Waals surface area contributed by atoms with Gasteiger partial charge in [0.1, 0.15) is 0 Å². The molecule has 0 aliphatic carbocycles. The van der Waals surface area contributed by atoms with Gasteiger partial charge in [-0.2, -0.15) is 0 Å². The van der Waals surface area contributed by atoms with Gasteiger partial charge in [0.2, 0.25) is 0 Å². The number of amides is 2. The molecule has 108 valence electrons. The standard InChI is InChI=1S/C15H20N2O3/c1-3-4-9-16-15(20)17-13-7-5-11(2)12(10-13)6-8-14(18)19/h5-8,10H,3-4,9H2,1-2H3,(H,18,19)(H2,16,17,20). The van der Waals surface area contributed by atoms with E-state index >= 15 is 0 Å². The van der Waals surface area contributed by atoms with Crippen molar-refractivity contribution in [3.05, 3.63) is 35.4 Å². The summed E-state index contributed by atoms with van der Waals surface area (Å²) in [7, 11) is 0. The molecule has 0 heterocycles. The number of aryl methyl sites for hydroxylation is 1. The van der Waals surface area contributed by atoms with Crippen LogP contribution < -0.4 is 10.6 Å². The van der Waals surface area contributed by atoms with Crippen LogP contribution in [0, 0.1) is 6.92 Å². The smallest absolute Gasteiger partial charge is 0.328 e. The van der Waals surface area contributed by atoms with E-state index in [9.17, 15) is 9.59 Å². The summed E-state index contributed by atoms with van der Waals surface area (Å²) in [6.45, 7) is 4.58. The zero-order chi connectivity index (χ0) is 15.0. The summed E-state index contributed by atoms with van der Waals surface area (Å²) >= 11 is 0. The molecule has 1 aromatic carbocycles. The number of unbranched alkanes of at least 4 members (excludes halogenated alkanes) is 1. The Morgan fingerprint density at radius 1 is 1.35 bits per heavy atom. The number of carbonyl (C=O) groups is 2. The molecule has 0 aliphatic heterocycles. The van der Waals surface area contributed by atoms with Crippen LogP contribution in [0.4, 0.5) is 10.5 Å². The number of urea groups is 1. The summed E-state index contributed by atoms with van der Waals surface area (Å²) in [5, 5.41) is 14.1. The Hall–Kier alpha value is -2.30. The summed E-state index contributed by atoms with van der Waals surface area (Å²) < 4.78 is 0. The van der Waals surface area contributed by atoms with E-state index in [2.05, 4.69) is 17.6 Å². The van der Waals surface area contributed by atoms with Gasteiger partial charge in [0, 0.05) is 18.3 Å². The lowest BCUT2D eigenvalue weighted by molar-refractivity contribution is -0.131. The summed E-state index contributed by atoms with van der Waals surface area (Å²) in [5.74, 6) is -1.000. The van der Waals surface area contributed by atoms with Gasteiger partial charge in [-0.15, -0.1) is 0 Å². The SMILES string of the molecule is CCCCNC(=O)Nc1ccc(C)c(C=CC(=O)O)c1. The normalized spacial score (nSPS) is 10.5. The highest BCUT2D eigenvalue weighted by Gasteiger charge is 2.03. The van der Waals surface area contributed by atoms with Crippen molar-refractivity contribution < 1.29 is 14.7 Å². The number of anilines is 1. The van der Waals surface area contributed by atoms with E-state index in [-0.39, 0.29) is 6.03 Å². The molecule has 5 heteroatoms. The fraction of sp³-hybridized carbons (Fsp3) is 0.333. The second kappa shape index (κ2) is 7.99. The van der Waals surface area contributed by atoms with Gasteiger partial charge in [0.25, 0.3) is 0 Å². The molecule has 0 aliphatic rings. The molecule has 1 aromatic rings. The zero-order valence-electron chi connectivity index (χ0n) is 11.8. The van der Waals surface area contributed by atoms with Crippen LogP contribution in [0.2, 0.25) is 0 Å². The third kappa shape index (κ3) is 5.56. The number of benzene rings is 1. The van der Waals surface area contributed by atoms with Gasteiger partial charge in [-0.1, -0.05) is 19.4 Å². The average molecular weight is 276 g/mol. The minimum Gasteiger partial charge on any atom is -0.478 e. The number of carbonyl (C=O) groups excluding carboxylic acids is 1. The average Bonchev–Trinajstić information content (AvgIpc) is 2.39. The van der Waals surface area contributed by atoms with Crippen molar-refractivity contribution >= 4 is 23.8 Å². The van der Waals surface area contributed by atoms with E-state index in [1.807, 2.05) is 13.0 Å². The maximum absolute atomic E-state index is 11.6. The highest BCUT2D eigenvalue weighted by molar-refractivity contribution is 5.90. The van der Waals surface area contributed by atoms with E-state index in [0.717, 1.165) is 30.0 Å². The maximum Gasteiger partial charge on any atom is 0.328 e. The number of aliphatic carboxylic acids is 1. The van der Waals surface area contributed by atoms with E-state index in [4.69, 9.17) is 5.11 Å². The minimum absolute atomic E-state index is 0.254. The number of rotatable bonds is 6. The molecule has 0 saturated carbocycles. The summed E-state index contributed by atoms with van der Waals surface area (Å²) in [6.07, 6.45) is 4.55. The fourth-order valence-corrected chi connectivity index (χ4v) is 1.61. The van der Waals surface area contributed by atoms with Crippen molar-refractivity contribution in [2.75, 3.05) is 11.9 Å². The Morgan fingerprint density at radius 2 is 2.10 bits per heavy atom. The fourth-order valence-electron chi connectivity index (χ4n) is 1.61. The largest absolute Gasteiger partial charge is 0.478 e. The van der Waals surface area contributed by atoms with Crippen molar-refractivity contribution in [3.63, 3.8) is 0 Å². The lowest BCUT2D eigenvalue weighted by Crippen LogP contribution is -2.29. The molecule has 0 radical (unpaired) electrons. The van der Waals surface area contributed by atoms with Crippen LogP contribution in [-0.2, 0) is 4.79 Å². The number of hydrogen-bond acceptors (Lipinski definition) is 2. The van der Waals surface area contributed by atoms with Gasteiger partial charge >= 0.3 is 12.0 Å². The monoisotopic (exact) mass is 276 g/mol. The highest BCUT2D eigenvalue weighted by Crippen LogP contribution is 2.16.